The smallest absolute Gasteiger partial charge is 0.288 e. The van der Waals surface area contributed by atoms with E-state index in [1.54, 1.807) is 13.0 Å². The molecule has 166 valence electrons. The Kier molecular flexibility index (Phi) is 6.55. The molecule has 0 radical (unpaired) electrons. The Balaban J connectivity index is 1.42. The lowest BCUT2D eigenvalue weighted by Gasteiger charge is -2.43. The number of anilines is 1. The summed E-state index contributed by atoms with van der Waals surface area (Å²) in [7, 11) is 0. The Hall–Kier alpha value is -2.48. The van der Waals surface area contributed by atoms with Crippen molar-refractivity contribution in [3.63, 3.8) is 0 Å². The van der Waals surface area contributed by atoms with Gasteiger partial charge < -0.3 is 10.6 Å². The van der Waals surface area contributed by atoms with E-state index in [0.29, 0.717) is 29.1 Å². The van der Waals surface area contributed by atoms with E-state index in [0.717, 1.165) is 4.68 Å². The molecule has 0 aliphatic heterocycles. The van der Waals surface area contributed by atoms with Crippen LogP contribution in [0.15, 0.2) is 29.3 Å². The van der Waals surface area contributed by atoms with Crippen LogP contribution in [0.3, 0.4) is 0 Å². The second-order valence-corrected chi connectivity index (χ2v) is 8.97. The number of halogens is 2. The van der Waals surface area contributed by atoms with Crippen LogP contribution >= 0.6 is 11.6 Å². The second-order valence-electron chi connectivity index (χ2n) is 8.59. The molecule has 31 heavy (non-hydrogen) atoms. The molecule has 2 aromatic rings. The van der Waals surface area contributed by atoms with Crippen LogP contribution < -0.4 is 16.2 Å². The molecule has 4 rings (SSSR count). The minimum Gasteiger partial charge on any atom is -0.379 e. The second kappa shape index (κ2) is 9.34. The molecule has 0 spiro atoms. The van der Waals surface area contributed by atoms with E-state index in [1.165, 1.54) is 57.0 Å². The van der Waals surface area contributed by atoms with E-state index in [9.17, 15) is 14.0 Å². The normalized spacial score (nSPS) is 23.8. The minimum absolute atomic E-state index is 0.0516. The van der Waals surface area contributed by atoms with Gasteiger partial charge in [-0.1, -0.05) is 24.4 Å². The summed E-state index contributed by atoms with van der Waals surface area (Å²) in [6.45, 7) is 1.45. The van der Waals surface area contributed by atoms with Crippen molar-refractivity contribution in [1.82, 2.24) is 20.1 Å². The number of aromatic nitrogens is 3. The van der Waals surface area contributed by atoms with Crippen LogP contribution in [0, 0.1) is 17.8 Å². The summed E-state index contributed by atoms with van der Waals surface area (Å²) in [5, 5.41) is 10.4. The summed E-state index contributed by atoms with van der Waals surface area (Å²) in [5.41, 5.74) is 0.606. The number of carbonyl (C=O) groups excluding carboxylic acids is 1. The van der Waals surface area contributed by atoms with Crippen LogP contribution in [0.2, 0.25) is 5.02 Å². The van der Waals surface area contributed by atoms with Gasteiger partial charge in [-0.15, -0.1) is 0 Å². The fraction of sp³-hybridized carbons (Fsp3) is 0.545. The maximum Gasteiger partial charge on any atom is 0.288 e. The van der Waals surface area contributed by atoms with Crippen molar-refractivity contribution in [3.8, 4) is 0 Å². The summed E-state index contributed by atoms with van der Waals surface area (Å²) < 4.78 is 14.3. The first-order valence-electron chi connectivity index (χ1n) is 10.9. The molecule has 2 saturated carbocycles. The molecule has 0 aromatic carbocycles. The van der Waals surface area contributed by atoms with Crippen molar-refractivity contribution in [2.45, 2.75) is 64.1 Å². The lowest BCUT2D eigenvalue weighted by atomic mass is 9.68. The van der Waals surface area contributed by atoms with Gasteiger partial charge in [-0.3, -0.25) is 9.59 Å². The lowest BCUT2D eigenvalue weighted by molar-refractivity contribution is -0.122. The van der Waals surface area contributed by atoms with E-state index in [2.05, 4.69) is 20.7 Å². The van der Waals surface area contributed by atoms with E-state index >= 15 is 0 Å². The van der Waals surface area contributed by atoms with Crippen molar-refractivity contribution >= 4 is 23.2 Å². The number of hydrogen-bond donors (Lipinski definition) is 2. The summed E-state index contributed by atoms with van der Waals surface area (Å²) in [4.78, 5) is 28.6. The largest absolute Gasteiger partial charge is 0.379 e. The Bertz CT molecular complexity index is 992. The van der Waals surface area contributed by atoms with Crippen LogP contribution in [-0.2, 0) is 11.3 Å². The van der Waals surface area contributed by atoms with Crippen molar-refractivity contribution in [1.29, 1.82) is 0 Å². The topological polar surface area (TPSA) is 88.9 Å². The van der Waals surface area contributed by atoms with Crippen LogP contribution in [0.5, 0.6) is 0 Å². The third kappa shape index (κ3) is 4.89. The first-order valence-corrected chi connectivity index (χ1v) is 11.2. The molecular formula is C22H27ClFN5O2. The van der Waals surface area contributed by atoms with E-state index in [4.69, 9.17) is 11.6 Å². The third-order valence-electron chi connectivity index (χ3n) is 6.54. The highest BCUT2D eigenvalue weighted by Gasteiger charge is 2.36. The highest BCUT2D eigenvalue weighted by Crippen LogP contribution is 2.41. The number of fused-ring (bicyclic) bond motifs is 2. The average molecular weight is 448 g/mol. The van der Waals surface area contributed by atoms with Crippen molar-refractivity contribution in [3.05, 3.63) is 51.4 Å². The van der Waals surface area contributed by atoms with Crippen LogP contribution in [-0.4, -0.2) is 26.7 Å². The zero-order valence-corrected chi connectivity index (χ0v) is 18.2. The summed E-state index contributed by atoms with van der Waals surface area (Å²) >= 11 is 6.36. The molecule has 2 bridgehead atoms. The Labute approximate surface area is 185 Å². The van der Waals surface area contributed by atoms with Crippen LogP contribution in [0.4, 0.5) is 10.1 Å². The molecule has 1 amide bonds. The number of rotatable bonds is 6. The average Bonchev–Trinajstić information content (AvgIpc) is 2.73. The molecule has 2 aromatic heterocycles. The molecule has 2 heterocycles. The molecule has 2 fully saturated rings. The molecule has 1 unspecified atom stereocenters. The molecule has 9 heteroatoms. The lowest BCUT2D eigenvalue weighted by Crippen LogP contribution is -2.43. The molecule has 2 aliphatic rings. The monoisotopic (exact) mass is 447 g/mol. The van der Waals surface area contributed by atoms with Gasteiger partial charge in [0.25, 0.3) is 5.56 Å². The maximum atomic E-state index is 13.3. The standard InChI is InChI=1S/C22H27ClFN5O2/c1-13(16-8-9-25-18(24)10-16)27-19(30)12-29-22(31)20(23)17(11-26-29)28-21-14-4-2-5-15(21)7-3-6-14/h8-11,13-15,21,28H,2-7,12H2,1H3,(H,27,30). The molecule has 1 atom stereocenters. The third-order valence-corrected chi connectivity index (χ3v) is 6.91. The van der Waals surface area contributed by atoms with Gasteiger partial charge in [-0.25, -0.2) is 9.67 Å². The molecule has 7 nitrogen and oxygen atoms in total. The first-order chi connectivity index (χ1) is 14.9. The van der Waals surface area contributed by atoms with Gasteiger partial charge in [0, 0.05) is 12.2 Å². The molecule has 2 N–H and O–H groups in total. The zero-order chi connectivity index (χ0) is 22.0. The van der Waals surface area contributed by atoms with Crippen molar-refractivity contribution in [2.75, 3.05) is 5.32 Å². The molecule has 0 saturated heterocycles. The van der Waals surface area contributed by atoms with Gasteiger partial charge in [0.15, 0.2) is 0 Å². The summed E-state index contributed by atoms with van der Waals surface area (Å²) in [6, 6.07) is 2.76. The number of carbonyl (C=O) groups is 1. The first kappa shape index (κ1) is 21.7. The number of nitrogens with zero attached hydrogens (tertiary/aromatic N) is 3. The van der Waals surface area contributed by atoms with E-state index in [1.807, 2.05) is 0 Å². The van der Waals surface area contributed by atoms with Crippen molar-refractivity contribution in [2.24, 2.45) is 11.8 Å². The Morgan fingerprint density at radius 3 is 2.61 bits per heavy atom. The molecule has 2 aliphatic carbocycles. The van der Waals surface area contributed by atoms with Gasteiger partial charge in [0.2, 0.25) is 11.9 Å². The van der Waals surface area contributed by atoms with Crippen molar-refractivity contribution < 1.29 is 9.18 Å². The van der Waals surface area contributed by atoms with Crippen LogP contribution in [0.1, 0.15) is 57.1 Å². The Morgan fingerprint density at radius 2 is 1.97 bits per heavy atom. The highest BCUT2D eigenvalue weighted by atomic mass is 35.5. The number of hydrogen-bond acceptors (Lipinski definition) is 5. The number of nitrogens with one attached hydrogen (secondary N) is 2. The SMILES string of the molecule is CC(NC(=O)Cn1ncc(NC2C3CCCC2CCC3)c(Cl)c1=O)c1ccnc(F)c1. The Morgan fingerprint density at radius 1 is 1.29 bits per heavy atom. The van der Waals surface area contributed by atoms with Gasteiger partial charge in [0.05, 0.1) is 17.9 Å². The minimum atomic E-state index is -0.617. The number of pyridine rings is 1. The maximum absolute atomic E-state index is 13.3. The summed E-state index contributed by atoms with van der Waals surface area (Å²) in [5.74, 6) is 0.180. The van der Waals surface area contributed by atoms with Gasteiger partial charge in [-0.05, 0) is 62.1 Å². The van der Waals surface area contributed by atoms with E-state index in [-0.39, 0.29) is 11.6 Å². The van der Waals surface area contributed by atoms with Gasteiger partial charge >= 0.3 is 0 Å². The predicted molar refractivity (Wildman–Crippen MR) is 116 cm³/mol. The predicted octanol–water partition coefficient (Wildman–Crippen LogP) is 3.69. The summed E-state index contributed by atoms with van der Waals surface area (Å²) in [6.07, 6.45) is 10.2. The molecular weight excluding hydrogens is 421 g/mol. The van der Waals surface area contributed by atoms with E-state index < -0.39 is 23.5 Å². The van der Waals surface area contributed by atoms with Crippen LogP contribution in [0.25, 0.3) is 0 Å². The number of amides is 1. The highest BCUT2D eigenvalue weighted by molar-refractivity contribution is 6.32. The quantitative estimate of drug-likeness (QED) is 0.659. The fourth-order valence-corrected chi connectivity index (χ4v) is 5.16. The zero-order valence-electron chi connectivity index (χ0n) is 17.5. The fourth-order valence-electron chi connectivity index (χ4n) is 4.96. The van der Waals surface area contributed by atoms with Gasteiger partial charge in [0.1, 0.15) is 11.6 Å². The van der Waals surface area contributed by atoms with Gasteiger partial charge in [-0.2, -0.15) is 9.49 Å².